The van der Waals surface area contributed by atoms with Gasteiger partial charge < -0.3 is 9.47 Å². The molecule has 0 radical (unpaired) electrons. The van der Waals surface area contributed by atoms with Gasteiger partial charge in [-0.15, -0.1) is 0 Å². The number of amides is 1. The number of piperidine rings is 1. The molecule has 31 heavy (non-hydrogen) atoms. The van der Waals surface area contributed by atoms with Gasteiger partial charge >= 0.3 is 0 Å². The molecular weight excluding hydrogens is 459 g/mol. The summed E-state index contributed by atoms with van der Waals surface area (Å²) in [5, 5.41) is 1.05. The highest BCUT2D eigenvalue weighted by atomic mass is 35.5. The van der Waals surface area contributed by atoms with Gasteiger partial charge in [-0.3, -0.25) is 4.79 Å². The third-order valence-corrected chi connectivity index (χ3v) is 8.87. The molecule has 0 N–H and O–H groups in total. The Morgan fingerprint density at radius 2 is 1.81 bits per heavy atom. The van der Waals surface area contributed by atoms with Gasteiger partial charge in [0.15, 0.2) is 5.03 Å². The highest BCUT2D eigenvalue weighted by Gasteiger charge is 2.38. The molecule has 2 saturated heterocycles. The van der Waals surface area contributed by atoms with Crippen LogP contribution in [-0.2, 0) is 21.9 Å². The zero-order valence-corrected chi connectivity index (χ0v) is 19.9. The maximum Gasteiger partial charge on any atom is 0.262 e. The van der Waals surface area contributed by atoms with Gasteiger partial charge in [-0.25, -0.2) is 13.4 Å². The maximum absolute atomic E-state index is 13.3. The SMILES string of the molecule is Cc1nc(S(=O)(=O)N2CCC(C(=O)N3CCCC3c3ccc(Cl)c(Cl)c3)CC2)cn1C. The van der Waals surface area contributed by atoms with E-state index in [-0.39, 0.29) is 22.9 Å². The Hall–Kier alpha value is -1.61. The number of likely N-dealkylation sites (tertiary alicyclic amines) is 1. The van der Waals surface area contributed by atoms with Crippen molar-refractivity contribution < 1.29 is 13.2 Å². The van der Waals surface area contributed by atoms with E-state index < -0.39 is 10.0 Å². The minimum Gasteiger partial charge on any atom is -0.337 e. The normalized spacial score (nSPS) is 21.0. The van der Waals surface area contributed by atoms with Gasteiger partial charge in [-0.2, -0.15) is 4.31 Å². The number of aromatic nitrogens is 2. The van der Waals surface area contributed by atoms with Crippen LogP contribution in [0.2, 0.25) is 10.0 Å². The van der Waals surface area contributed by atoms with Crippen molar-refractivity contribution in [3.63, 3.8) is 0 Å². The first-order valence-electron chi connectivity index (χ1n) is 10.4. The van der Waals surface area contributed by atoms with Gasteiger partial charge in [0.25, 0.3) is 10.0 Å². The molecule has 168 valence electrons. The van der Waals surface area contributed by atoms with E-state index in [1.54, 1.807) is 24.6 Å². The van der Waals surface area contributed by atoms with Crippen molar-refractivity contribution in [2.75, 3.05) is 19.6 Å². The van der Waals surface area contributed by atoms with Gasteiger partial charge in [0.05, 0.1) is 16.1 Å². The number of carbonyl (C=O) groups excluding carboxylic acids is 1. The van der Waals surface area contributed by atoms with Gasteiger partial charge in [0.2, 0.25) is 5.91 Å². The zero-order chi connectivity index (χ0) is 22.3. The van der Waals surface area contributed by atoms with E-state index in [0.717, 1.165) is 18.4 Å². The lowest BCUT2D eigenvalue weighted by molar-refractivity contribution is -0.137. The average molecular weight is 485 g/mol. The monoisotopic (exact) mass is 484 g/mol. The van der Waals surface area contributed by atoms with E-state index in [1.165, 1.54) is 10.5 Å². The van der Waals surface area contributed by atoms with Crippen LogP contribution in [0.4, 0.5) is 0 Å². The van der Waals surface area contributed by atoms with Gasteiger partial charge in [-0.1, -0.05) is 29.3 Å². The predicted octanol–water partition coefficient (Wildman–Crippen LogP) is 3.80. The number of aryl methyl sites for hydroxylation is 2. The highest BCUT2D eigenvalue weighted by Crippen LogP contribution is 2.37. The van der Waals surface area contributed by atoms with Crippen molar-refractivity contribution >= 4 is 39.1 Å². The van der Waals surface area contributed by atoms with Gasteiger partial charge in [-0.05, 0) is 50.3 Å². The smallest absolute Gasteiger partial charge is 0.262 e. The molecule has 1 aromatic carbocycles. The van der Waals surface area contributed by atoms with Crippen LogP contribution in [0, 0.1) is 12.8 Å². The Kier molecular flexibility index (Phi) is 6.36. The van der Waals surface area contributed by atoms with Crippen LogP contribution in [0.15, 0.2) is 29.4 Å². The van der Waals surface area contributed by atoms with Crippen LogP contribution in [0.5, 0.6) is 0 Å². The minimum absolute atomic E-state index is 0.0134. The second-order valence-electron chi connectivity index (χ2n) is 8.28. The number of halogens is 2. The summed E-state index contributed by atoms with van der Waals surface area (Å²) in [5.74, 6) is 0.561. The van der Waals surface area contributed by atoms with Crippen LogP contribution < -0.4 is 0 Å². The molecule has 2 aromatic rings. The summed E-state index contributed by atoms with van der Waals surface area (Å²) >= 11 is 12.2. The molecule has 1 aromatic heterocycles. The molecule has 3 heterocycles. The Balaban J connectivity index is 1.43. The molecule has 2 aliphatic heterocycles. The van der Waals surface area contributed by atoms with Crippen molar-refractivity contribution in [2.45, 2.75) is 43.7 Å². The maximum atomic E-state index is 13.3. The van der Waals surface area contributed by atoms with Crippen molar-refractivity contribution in [1.29, 1.82) is 0 Å². The number of hydrogen-bond acceptors (Lipinski definition) is 4. The van der Waals surface area contributed by atoms with Crippen LogP contribution in [0.3, 0.4) is 0 Å². The molecule has 2 fully saturated rings. The molecule has 10 heteroatoms. The fraction of sp³-hybridized carbons (Fsp3) is 0.524. The molecule has 1 amide bonds. The molecular formula is C21H26Cl2N4O3S. The van der Waals surface area contributed by atoms with E-state index in [4.69, 9.17) is 23.2 Å². The highest BCUT2D eigenvalue weighted by molar-refractivity contribution is 7.89. The van der Waals surface area contributed by atoms with Crippen LogP contribution in [0.1, 0.15) is 43.1 Å². The number of imidazole rings is 1. The van der Waals surface area contributed by atoms with Crippen LogP contribution >= 0.6 is 23.2 Å². The molecule has 0 bridgehead atoms. The fourth-order valence-corrected chi connectivity index (χ4v) is 6.26. The van der Waals surface area contributed by atoms with Crippen molar-refractivity contribution in [2.24, 2.45) is 13.0 Å². The molecule has 7 nitrogen and oxygen atoms in total. The molecule has 0 aliphatic carbocycles. The van der Waals surface area contributed by atoms with Crippen molar-refractivity contribution in [3.05, 3.63) is 45.8 Å². The first kappa shape index (κ1) is 22.6. The lowest BCUT2D eigenvalue weighted by Crippen LogP contribution is -2.44. The number of rotatable bonds is 4. The summed E-state index contributed by atoms with van der Waals surface area (Å²) in [4.78, 5) is 19.4. The van der Waals surface area contributed by atoms with Gasteiger partial charge in [0.1, 0.15) is 5.82 Å². The molecule has 2 aliphatic rings. The largest absolute Gasteiger partial charge is 0.337 e. The summed E-state index contributed by atoms with van der Waals surface area (Å²) in [5.41, 5.74) is 0.991. The second kappa shape index (κ2) is 8.73. The number of nitrogens with zero attached hydrogens (tertiary/aromatic N) is 4. The first-order valence-corrected chi connectivity index (χ1v) is 12.6. The number of hydrogen-bond donors (Lipinski definition) is 0. The Bertz CT molecular complexity index is 1070. The molecule has 4 rings (SSSR count). The Morgan fingerprint density at radius 3 is 2.42 bits per heavy atom. The standard InChI is InChI=1S/C21H26Cl2N4O3S/c1-14-24-20(13-25(14)2)31(29,30)26-10-7-15(8-11-26)21(28)27-9-3-4-19(27)16-5-6-17(22)18(23)12-16/h5-6,12-13,15,19H,3-4,7-11H2,1-2H3. The summed E-state index contributed by atoms with van der Waals surface area (Å²) in [6, 6.07) is 5.52. The summed E-state index contributed by atoms with van der Waals surface area (Å²) in [6.07, 6.45) is 4.37. The molecule has 1 unspecified atom stereocenters. The van der Waals surface area contributed by atoms with E-state index in [0.29, 0.717) is 48.3 Å². The first-order chi connectivity index (χ1) is 14.7. The number of carbonyl (C=O) groups is 1. The Labute approximate surface area is 193 Å². The van der Waals surface area contributed by atoms with E-state index in [2.05, 4.69) is 4.98 Å². The van der Waals surface area contributed by atoms with Crippen LogP contribution in [-0.4, -0.2) is 52.7 Å². The number of sulfonamides is 1. The molecule has 1 atom stereocenters. The third kappa shape index (κ3) is 4.35. The lowest BCUT2D eigenvalue weighted by atomic mass is 9.95. The van der Waals surface area contributed by atoms with Crippen molar-refractivity contribution in [1.82, 2.24) is 18.8 Å². The van der Waals surface area contributed by atoms with E-state index >= 15 is 0 Å². The van der Waals surface area contributed by atoms with Gasteiger partial charge in [0, 0.05) is 38.8 Å². The number of benzene rings is 1. The molecule has 0 saturated carbocycles. The van der Waals surface area contributed by atoms with Crippen molar-refractivity contribution in [3.8, 4) is 0 Å². The minimum atomic E-state index is -3.65. The lowest BCUT2D eigenvalue weighted by Gasteiger charge is -2.34. The summed E-state index contributed by atoms with van der Waals surface area (Å²) < 4.78 is 29.0. The summed E-state index contributed by atoms with van der Waals surface area (Å²) in [6.45, 7) is 3.11. The van der Waals surface area contributed by atoms with E-state index in [1.807, 2.05) is 17.0 Å². The molecule has 0 spiro atoms. The fourth-order valence-electron chi connectivity index (χ4n) is 4.46. The average Bonchev–Trinajstić information content (AvgIpc) is 3.37. The summed E-state index contributed by atoms with van der Waals surface area (Å²) in [7, 11) is -1.87. The second-order valence-corrected chi connectivity index (χ2v) is 11.0. The zero-order valence-electron chi connectivity index (χ0n) is 17.6. The third-order valence-electron chi connectivity index (χ3n) is 6.36. The quantitative estimate of drug-likeness (QED) is 0.661. The predicted molar refractivity (Wildman–Crippen MR) is 120 cm³/mol. The van der Waals surface area contributed by atoms with Crippen LogP contribution in [0.25, 0.3) is 0 Å². The topological polar surface area (TPSA) is 75.5 Å². The Morgan fingerprint density at radius 1 is 1.10 bits per heavy atom. The van der Waals surface area contributed by atoms with E-state index in [9.17, 15) is 13.2 Å².